The third kappa shape index (κ3) is 3.32. The van der Waals surface area contributed by atoms with E-state index in [4.69, 9.17) is 0 Å². The molecule has 1 aliphatic carbocycles. The van der Waals surface area contributed by atoms with Crippen LogP contribution in [-0.4, -0.2) is 60.1 Å². The van der Waals surface area contributed by atoms with Gasteiger partial charge in [-0.3, -0.25) is 4.90 Å². The van der Waals surface area contributed by atoms with Crippen molar-refractivity contribution >= 4 is 0 Å². The lowest BCUT2D eigenvalue weighted by molar-refractivity contribution is 0.252. The Kier molecular flexibility index (Phi) is 4.16. The summed E-state index contributed by atoms with van der Waals surface area (Å²) in [6.07, 6.45) is 5.64. The van der Waals surface area contributed by atoms with Gasteiger partial charge < -0.3 is 10.2 Å². The van der Waals surface area contributed by atoms with E-state index >= 15 is 0 Å². The predicted octanol–water partition coefficient (Wildman–Crippen LogP) is 1.93. The zero-order valence-electron chi connectivity index (χ0n) is 12.9. The molecule has 3 unspecified atom stereocenters. The first-order valence-corrected chi connectivity index (χ1v) is 8.36. The average molecular weight is 265 g/mol. The van der Waals surface area contributed by atoms with Gasteiger partial charge in [-0.2, -0.15) is 0 Å². The second kappa shape index (κ2) is 5.71. The quantitative estimate of drug-likeness (QED) is 0.819. The molecule has 0 spiro atoms. The van der Waals surface area contributed by atoms with E-state index in [0.29, 0.717) is 0 Å². The lowest BCUT2D eigenvalue weighted by atomic mass is 10.1. The highest BCUT2D eigenvalue weighted by Gasteiger charge is 2.38. The van der Waals surface area contributed by atoms with Crippen LogP contribution in [-0.2, 0) is 0 Å². The first kappa shape index (κ1) is 13.8. The number of nitrogens with zero attached hydrogens (tertiary/aromatic N) is 2. The molecule has 1 saturated carbocycles. The van der Waals surface area contributed by atoms with Gasteiger partial charge in [0.15, 0.2) is 0 Å². The van der Waals surface area contributed by atoms with Crippen LogP contribution < -0.4 is 5.32 Å². The summed E-state index contributed by atoms with van der Waals surface area (Å²) in [4.78, 5) is 5.37. The first-order chi connectivity index (χ1) is 9.13. The Labute approximate surface area is 118 Å². The van der Waals surface area contributed by atoms with Crippen molar-refractivity contribution in [1.29, 1.82) is 0 Å². The van der Waals surface area contributed by atoms with Gasteiger partial charge in [0.05, 0.1) is 0 Å². The Morgan fingerprint density at radius 1 is 1.16 bits per heavy atom. The van der Waals surface area contributed by atoms with E-state index < -0.39 is 0 Å². The molecule has 2 saturated heterocycles. The van der Waals surface area contributed by atoms with Gasteiger partial charge >= 0.3 is 0 Å². The molecule has 2 aliphatic heterocycles. The standard InChI is InChI=1S/C16H31N3/c1-12(2)18-7-6-14(10-18)9-17-15-8-13(3)19(11-15)16-4-5-16/h12-17H,4-11H2,1-3H3. The molecule has 0 aromatic heterocycles. The number of likely N-dealkylation sites (tertiary alicyclic amines) is 2. The summed E-state index contributed by atoms with van der Waals surface area (Å²) < 4.78 is 0. The molecule has 3 heteroatoms. The smallest absolute Gasteiger partial charge is 0.0210 e. The molecular weight excluding hydrogens is 234 g/mol. The van der Waals surface area contributed by atoms with Gasteiger partial charge in [-0.15, -0.1) is 0 Å². The Bertz CT molecular complexity index is 300. The molecule has 2 heterocycles. The van der Waals surface area contributed by atoms with E-state index in [1.807, 2.05) is 0 Å². The minimum absolute atomic E-state index is 0.724. The number of nitrogens with one attached hydrogen (secondary N) is 1. The molecule has 0 aromatic rings. The first-order valence-electron chi connectivity index (χ1n) is 8.36. The summed E-state index contributed by atoms with van der Waals surface area (Å²) in [6, 6.07) is 3.22. The van der Waals surface area contributed by atoms with Gasteiger partial charge in [0.2, 0.25) is 0 Å². The number of hydrogen-bond acceptors (Lipinski definition) is 3. The van der Waals surface area contributed by atoms with Crippen molar-refractivity contribution in [2.75, 3.05) is 26.2 Å². The third-order valence-electron chi connectivity index (χ3n) is 5.38. The Balaban J connectivity index is 1.39. The molecule has 3 atom stereocenters. The van der Waals surface area contributed by atoms with E-state index in [-0.39, 0.29) is 0 Å². The van der Waals surface area contributed by atoms with Crippen LogP contribution in [0.1, 0.15) is 46.5 Å². The van der Waals surface area contributed by atoms with E-state index in [1.54, 1.807) is 0 Å². The fourth-order valence-corrected chi connectivity index (χ4v) is 3.95. The molecule has 3 fully saturated rings. The average Bonchev–Trinajstić information content (AvgIpc) is 2.97. The molecule has 3 rings (SSSR count). The Morgan fingerprint density at radius 2 is 1.95 bits per heavy atom. The lowest BCUT2D eigenvalue weighted by Gasteiger charge is -2.21. The SMILES string of the molecule is CC(C)N1CCC(CNC2CC(C)N(C3CC3)C2)C1. The topological polar surface area (TPSA) is 18.5 Å². The molecule has 110 valence electrons. The van der Waals surface area contributed by atoms with Crippen LogP contribution in [0.2, 0.25) is 0 Å². The number of hydrogen-bond donors (Lipinski definition) is 1. The minimum atomic E-state index is 0.724. The van der Waals surface area contributed by atoms with Crippen LogP contribution in [0.5, 0.6) is 0 Å². The van der Waals surface area contributed by atoms with Crippen molar-refractivity contribution in [3.05, 3.63) is 0 Å². The highest BCUT2D eigenvalue weighted by Crippen LogP contribution is 2.33. The van der Waals surface area contributed by atoms with Crippen molar-refractivity contribution in [3.8, 4) is 0 Å². The van der Waals surface area contributed by atoms with Crippen LogP contribution >= 0.6 is 0 Å². The van der Waals surface area contributed by atoms with E-state index in [2.05, 4.69) is 35.9 Å². The molecule has 3 aliphatic rings. The van der Waals surface area contributed by atoms with Crippen LogP contribution in [0.4, 0.5) is 0 Å². The van der Waals surface area contributed by atoms with Crippen LogP contribution in [0.25, 0.3) is 0 Å². The molecule has 0 aromatic carbocycles. The van der Waals surface area contributed by atoms with Gasteiger partial charge in [-0.25, -0.2) is 0 Å². The molecular formula is C16H31N3. The number of rotatable bonds is 5. The molecule has 19 heavy (non-hydrogen) atoms. The summed E-state index contributed by atoms with van der Waals surface area (Å²) in [6.45, 7) is 12.2. The normalized spacial score (nSPS) is 37.6. The maximum Gasteiger partial charge on any atom is 0.0210 e. The molecule has 0 amide bonds. The third-order valence-corrected chi connectivity index (χ3v) is 5.38. The predicted molar refractivity (Wildman–Crippen MR) is 80.4 cm³/mol. The Morgan fingerprint density at radius 3 is 2.58 bits per heavy atom. The largest absolute Gasteiger partial charge is 0.312 e. The summed E-state index contributed by atoms with van der Waals surface area (Å²) in [5.41, 5.74) is 0. The van der Waals surface area contributed by atoms with Crippen molar-refractivity contribution < 1.29 is 0 Å². The van der Waals surface area contributed by atoms with Crippen molar-refractivity contribution in [2.24, 2.45) is 5.92 Å². The Hall–Kier alpha value is -0.120. The van der Waals surface area contributed by atoms with Gasteiger partial charge in [0, 0.05) is 37.3 Å². The van der Waals surface area contributed by atoms with Crippen molar-refractivity contribution in [2.45, 2.75) is 70.6 Å². The lowest BCUT2D eigenvalue weighted by Crippen LogP contribution is -2.37. The van der Waals surface area contributed by atoms with E-state index in [9.17, 15) is 0 Å². The second-order valence-corrected chi connectivity index (χ2v) is 7.36. The molecule has 0 radical (unpaired) electrons. The van der Waals surface area contributed by atoms with Crippen LogP contribution in [0, 0.1) is 5.92 Å². The maximum absolute atomic E-state index is 3.86. The van der Waals surface area contributed by atoms with Gasteiger partial charge in [-0.05, 0) is 65.5 Å². The van der Waals surface area contributed by atoms with Crippen molar-refractivity contribution in [1.82, 2.24) is 15.1 Å². The highest BCUT2D eigenvalue weighted by molar-refractivity contribution is 4.96. The summed E-state index contributed by atoms with van der Waals surface area (Å²) in [5, 5.41) is 3.86. The monoisotopic (exact) mass is 265 g/mol. The molecule has 1 N–H and O–H groups in total. The summed E-state index contributed by atoms with van der Waals surface area (Å²) in [5.74, 6) is 0.882. The second-order valence-electron chi connectivity index (χ2n) is 7.36. The fourth-order valence-electron chi connectivity index (χ4n) is 3.95. The maximum atomic E-state index is 3.86. The van der Waals surface area contributed by atoms with Crippen LogP contribution in [0.3, 0.4) is 0 Å². The molecule has 3 nitrogen and oxygen atoms in total. The molecule has 0 bridgehead atoms. The minimum Gasteiger partial charge on any atom is -0.312 e. The fraction of sp³-hybridized carbons (Fsp3) is 1.00. The zero-order chi connectivity index (χ0) is 13.4. The summed E-state index contributed by atoms with van der Waals surface area (Å²) in [7, 11) is 0. The highest BCUT2D eigenvalue weighted by atomic mass is 15.3. The van der Waals surface area contributed by atoms with Gasteiger partial charge in [0.25, 0.3) is 0 Å². The van der Waals surface area contributed by atoms with Crippen LogP contribution in [0.15, 0.2) is 0 Å². The van der Waals surface area contributed by atoms with E-state index in [0.717, 1.165) is 30.1 Å². The van der Waals surface area contributed by atoms with E-state index in [1.165, 1.54) is 51.9 Å². The van der Waals surface area contributed by atoms with Gasteiger partial charge in [0.1, 0.15) is 0 Å². The van der Waals surface area contributed by atoms with Gasteiger partial charge in [-0.1, -0.05) is 0 Å². The summed E-state index contributed by atoms with van der Waals surface area (Å²) >= 11 is 0. The van der Waals surface area contributed by atoms with Crippen molar-refractivity contribution in [3.63, 3.8) is 0 Å². The zero-order valence-corrected chi connectivity index (χ0v) is 12.9.